The Morgan fingerprint density at radius 3 is 2.45 bits per heavy atom. The number of benzene rings is 1. The van der Waals surface area contributed by atoms with Gasteiger partial charge in [-0.15, -0.1) is 0 Å². The van der Waals surface area contributed by atoms with E-state index in [9.17, 15) is 14.0 Å². The summed E-state index contributed by atoms with van der Waals surface area (Å²) in [6, 6.07) is 5.87. The van der Waals surface area contributed by atoms with Crippen LogP contribution in [0.3, 0.4) is 0 Å². The highest BCUT2D eigenvalue weighted by atomic mass is 19.1. The predicted octanol–water partition coefficient (Wildman–Crippen LogP) is 3.63. The largest absolute Gasteiger partial charge is 0.478 e. The van der Waals surface area contributed by atoms with Gasteiger partial charge in [0.15, 0.2) is 0 Å². The van der Waals surface area contributed by atoms with Crippen molar-refractivity contribution in [3.05, 3.63) is 29.8 Å². The molecule has 0 radical (unpaired) electrons. The van der Waals surface area contributed by atoms with Gasteiger partial charge >= 0.3 is 5.97 Å². The van der Waals surface area contributed by atoms with E-state index in [0.717, 1.165) is 12.8 Å². The van der Waals surface area contributed by atoms with Gasteiger partial charge in [-0.25, -0.2) is 9.18 Å². The third-order valence-corrected chi connectivity index (χ3v) is 2.97. The van der Waals surface area contributed by atoms with Gasteiger partial charge in [-0.2, -0.15) is 0 Å². The Labute approximate surface area is 118 Å². The zero-order chi connectivity index (χ0) is 15.0. The van der Waals surface area contributed by atoms with Crippen LogP contribution in [0.1, 0.15) is 49.4 Å². The van der Waals surface area contributed by atoms with Crippen molar-refractivity contribution in [2.45, 2.75) is 45.2 Å². The number of nitrogens with one attached hydrogen (secondary N) is 1. The van der Waals surface area contributed by atoms with Gasteiger partial charge in [0.1, 0.15) is 6.17 Å². The van der Waals surface area contributed by atoms with Crippen molar-refractivity contribution in [2.75, 3.05) is 5.32 Å². The van der Waals surface area contributed by atoms with Crippen LogP contribution in [0.15, 0.2) is 24.3 Å². The first kappa shape index (κ1) is 16.1. The number of carboxylic acid groups (broad SMARTS) is 1. The van der Waals surface area contributed by atoms with Crippen LogP contribution in [0.25, 0.3) is 0 Å². The molecule has 5 heteroatoms. The molecule has 0 saturated carbocycles. The normalized spacial score (nSPS) is 11.9. The Bertz CT molecular complexity index is 445. The Morgan fingerprint density at radius 2 is 1.90 bits per heavy atom. The van der Waals surface area contributed by atoms with Crippen molar-refractivity contribution in [3.8, 4) is 0 Å². The Kier molecular flexibility index (Phi) is 6.70. The van der Waals surface area contributed by atoms with Crippen LogP contribution in [-0.2, 0) is 4.79 Å². The summed E-state index contributed by atoms with van der Waals surface area (Å²) < 4.78 is 13.4. The number of aromatic carboxylic acids is 1. The van der Waals surface area contributed by atoms with Crippen molar-refractivity contribution in [3.63, 3.8) is 0 Å². The van der Waals surface area contributed by atoms with E-state index in [-0.39, 0.29) is 24.3 Å². The predicted molar refractivity (Wildman–Crippen MR) is 75.7 cm³/mol. The molecule has 0 fully saturated rings. The average Bonchev–Trinajstić information content (AvgIpc) is 2.43. The first-order valence-corrected chi connectivity index (χ1v) is 6.80. The fraction of sp³-hybridized carbons (Fsp3) is 0.467. The summed E-state index contributed by atoms with van der Waals surface area (Å²) >= 11 is 0. The summed E-state index contributed by atoms with van der Waals surface area (Å²) in [6.07, 6.45) is 1.69. The lowest BCUT2D eigenvalue weighted by Crippen LogP contribution is -2.14. The van der Waals surface area contributed by atoms with Gasteiger partial charge in [-0.05, 0) is 37.1 Å². The summed E-state index contributed by atoms with van der Waals surface area (Å²) in [4.78, 5) is 22.3. The molecule has 1 amide bonds. The molecule has 0 saturated heterocycles. The molecule has 0 aromatic heterocycles. The lowest BCUT2D eigenvalue weighted by molar-refractivity contribution is -0.116. The number of carboxylic acids is 1. The lowest BCUT2D eigenvalue weighted by Gasteiger charge is -2.08. The van der Waals surface area contributed by atoms with E-state index in [1.165, 1.54) is 24.3 Å². The minimum absolute atomic E-state index is 0.131. The van der Waals surface area contributed by atoms with E-state index in [4.69, 9.17) is 5.11 Å². The summed E-state index contributed by atoms with van der Waals surface area (Å²) in [5.41, 5.74) is 0.676. The molecule has 1 unspecified atom stereocenters. The van der Waals surface area contributed by atoms with Crippen LogP contribution in [-0.4, -0.2) is 23.2 Å². The molecule has 0 bridgehead atoms. The number of halogens is 1. The number of hydrogen-bond acceptors (Lipinski definition) is 2. The zero-order valence-electron chi connectivity index (χ0n) is 11.6. The Morgan fingerprint density at radius 1 is 1.25 bits per heavy atom. The summed E-state index contributed by atoms with van der Waals surface area (Å²) in [5, 5.41) is 11.4. The molecule has 2 N–H and O–H groups in total. The molecule has 4 nitrogen and oxygen atoms in total. The monoisotopic (exact) mass is 281 g/mol. The Balaban J connectivity index is 2.36. The molecule has 0 aliphatic rings. The third kappa shape index (κ3) is 5.82. The van der Waals surface area contributed by atoms with Gasteiger partial charge in [-0.3, -0.25) is 4.79 Å². The van der Waals surface area contributed by atoms with Gasteiger partial charge in [0.05, 0.1) is 5.56 Å². The van der Waals surface area contributed by atoms with E-state index in [1.54, 1.807) is 0 Å². The molecule has 0 aliphatic carbocycles. The van der Waals surface area contributed by atoms with E-state index < -0.39 is 12.1 Å². The van der Waals surface area contributed by atoms with Gasteiger partial charge < -0.3 is 10.4 Å². The lowest BCUT2D eigenvalue weighted by atomic mass is 10.1. The highest BCUT2D eigenvalue weighted by Gasteiger charge is 2.10. The number of carbonyl (C=O) groups is 2. The van der Waals surface area contributed by atoms with E-state index in [2.05, 4.69) is 5.32 Å². The van der Waals surface area contributed by atoms with E-state index in [1.807, 2.05) is 6.92 Å². The maximum absolute atomic E-state index is 13.4. The van der Waals surface area contributed by atoms with Gasteiger partial charge in [0, 0.05) is 12.1 Å². The molecule has 0 spiro atoms. The number of anilines is 1. The van der Waals surface area contributed by atoms with Crippen LogP contribution in [0.2, 0.25) is 0 Å². The first-order chi connectivity index (χ1) is 9.52. The highest BCUT2D eigenvalue weighted by molar-refractivity contribution is 5.92. The second kappa shape index (κ2) is 8.30. The molecule has 1 rings (SSSR count). The minimum atomic E-state index is -1.01. The van der Waals surface area contributed by atoms with Crippen LogP contribution < -0.4 is 5.32 Å². The van der Waals surface area contributed by atoms with Crippen molar-refractivity contribution in [1.29, 1.82) is 0 Å². The minimum Gasteiger partial charge on any atom is -0.478 e. The summed E-state index contributed by atoms with van der Waals surface area (Å²) in [6.45, 7) is 2.00. The molecule has 0 heterocycles. The molecular weight excluding hydrogens is 261 g/mol. The van der Waals surface area contributed by atoms with E-state index in [0.29, 0.717) is 12.1 Å². The maximum Gasteiger partial charge on any atom is 0.335 e. The molecule has 110 valence electrons. The fourth-order valence-corrected chi connectivity index (χ4v) is 1.78. The molecule has 1 aromatic rings. The maximum atomic E-state index is 13.4. The van der Waals surface area contributed by atoms with Crippen LogP contribution in [0, 0.1) is 0 Å². The van der Waals surface area contributed by atoms with Crippen molar-refractivity contribution < 1.29 is 19.1 Å². The average molecular weight is 281 g/mol. The number of carbonyl (C=O) groups excluding carboxylic acids is 1. The van der Waals surface area contributed by atoms with Crippen molar-refractivity contribution in [2.24, 2.45) is 0 Å². The Hall–Kier alpha value is -1.91. The first-order valence-electron chi connectivity index (χ1n) is 6.80. The zero-order valence-corrected chi connectivity index (χ0v) is 11.6. The highest BCUT2D eigenvalue weighted by Crippen LogP contribution is 2.13. The summed E-state index contributed by atoms with van der Waals surface area (Å²) in [7, 11) is 0. The topological polar surface area (TPSA) is 66.4 Å². The number of hydrogen-bond donors (Lipinski definition) is 2. The second-order valence-corrected chi connectivity index (χ2v) is 4.71. The van der Waals surface area contributed by atoms with Gasteiger partial charge in [-0.1, -0.05) is 19.8 Å². The molecule has 20 heavy (non-hydrogen) atoms. The molecule has 1 atom stereocenters. The fourth-order valence-electron chi connectivity index (χ4n) is 1.78. The van der Waals surface area contributed by atoms with Crippen LogP contribution in [0.4, 0.5) is 10.1 Å². The smallest absolute Gasteiger partial charge is 0.335 e. The van der Waals surface area contributed by atoms with Gasteiger partial charge in [0.25, 0.3) is 0 Å². The van der Waals surface area contributed by atoms with Crippen LogP contribution in [0.5, 0.6) is 0 Å². The van der Waals surface area contributed by atoms with Crippen LogP contribution >= 0.6 is 0 Å². The van der Waals surface area contributed by atoms with E-state index >= 15 is 0 Å². The quantitative estimate of drug-likeness (QED) is 0.764. The van der Waals surface area contributed by atoms with Crippen molar-refractivity contribution in [1.82, 2.24) is 0 Å². The second-order valence-electron chi connectivity index (χ2n) is 4.71. The standard InChI is InChI=1S/C15H20FNO3/c1-2-3-4-12(16)7-10-14(18)17-13-8-5-11(6-9-13)15(19)20/h5-6,8-9,12H,2-4,7,10H2,1H3,(H,17,18)(H,19,20). The number of amides is 1. The summed E-state index contributed by atoms with van der Waals surface area (Å²) in [5.74, 6) is -1.27. The SMILES string of the molecule is CCCCC(F)CCC(=O)Nc1ccc(C(=O)O)cc1. The van der Waals surface area contributed by atoms with Crippen molar-refractivity contribution >= 4 is 17.6 Å². The number of alkyl halides is 1. The molecular formula is C15H20FNO3. The van der Waals surface area contributed by atoms with Gasteiger partial charge in [0.2, 0.25) is 5.91 Å². The number of unbranched alkanes of at least 4 members (excludes halogenated alkanes) is 1. The molecule has 1 aromatic carbocycles. The number of rotatable bonds is 8. The molecule has 0 aliphatic heterocycles. The third-order valence-electron chi connectivity index (χ3n) is 2.97.